The van der Waals surface area contributed by atoms with Gasteiger partial charge in [0.15, 0.2) is 0 Å². The molecule has 4 aliphatic heterocycles. The molecule has 2 aliphatic carbocycles. The van der Waals surface area contributed by atoms with Gasteiger partial charge < -0.3 is 20.7 Å². The van der Waals surface area contributed by atoms with Crippen LogP contribution in [0.5, 0.6) is 5.75 Å². The lowest BCUT2D eigenvalue weighted by molar-refractivity contribution is 0.286. The molecule has 0 radical (unpaired) electrons. The van der Waals surface area contributed by atoms with Gasteiger partial charge in [-0.25, -0.2) is 0 Å². The molecule has 4 heteroatoms. The molecule has 4 heterocycles. The second kappa shape index (κ2) is 24.3. The van der Waals surface area contributed by atoms with Crippen LogP contribution in [0, 0.1) is 41.5 Å². The molecule has 342 valence electrons. The summed E-state index contributed by atoms with van der Waals surface area (Å²) >= 11 is 0. The van der Waals surface area contributed by atoms with Gasteiger partial charge >= 0.3 is 0 Å². The molecule has 6 aliphatic rings. The molecule has 65 heavy (non-hydrogen) atoms. The smallest absolute Gasteiger partial charge is 0.125 e. The zero-order valence-electron chi connectivity index (χ0n) is 40.7. The topological polar surface area (TPSA) is 45.3 Å². The molecular weight excluding hydrogens is 791 g/mol. The Morgan fingerprint density at radius 3 is 1.54 bits per heavy atom. The van der Waals surface area contributed by atoms with E-state index >= 15 is 0 Å². The van der Waals surface area contributed by atoms with Gasteiger partial charge in [-0.15, -0.1) is 0 Å². The number of fused-ring (bicyclic) bond motifs is 6. The summed E-state index contributed by atoms with van der Waals surface area (Å²) in [5.74, 6) is 1.12. The lowest BCUT2D eigenvalue weighted by Crippen LogP contribution is -2.23. The highest BCUT2D eigenvalue weighted by Gasteiger charge is 2.13. The third-order valence-electron chi connectivity index (χ3n) is 13.7. The molecule has 0 amide bonds. The number of hydrogen-bond acceptors (Lipinski definition) is 4. The minimum Gasteiger partial charge on any atom is -0.493 e. The van der Waals surface area contributed by atoms with Crippen LogP contribution >= 0.6 is 0 Å². The zero-order valence-corrected chi connectivity index (χ0v) is 40.7. The van der Waals surface area contributed by atoms with Crippen molar-refractivity contribution in [3.05, 3.63) is 193 Å². The first-order valence-corrected chi connectivity index (χ1v) is 25.0. The third-order valence-corrected chi connectivity index (χ3v) is 13.7. The number of para-hydroxylation sites is 1. The highest BCUT2D eigenvalue weighted by molar-refractivity contribution is 5.58. The van der Waals surface area contributed by atoms with E-state index in [9.17, 15) is 0 Å². The Morgan fingerprint density at radius 1 is 0.369 bits per heavy atom. The van der Waals surface area contributed by atoms with Crippen molar-refractivity contribution in [1.82, 2.24) is 5.32 Å². The predicted molar refractivity (Wildman–Crippen MR) is 279 cm³/mol. The number of anilines is 2. The summed E-state index contributed by atoms with van der Waals surface area (Å²) in [5.41, 5.74) is 24.6. The highest BCUT2D eigenvalue weighted by atomic mass is 16.5. The van der Waals surface area contributed by atoms with Gasteiger partial charge in [0, 0.05) is 31.0 Å². The van der Waals surface area contributed by atoms with Crippen LogP contribution in [-0.2, 0) is 57.9 Å². The van der Waals surface area contributed by atoms with Crippen molar-refractivity contribution in [2.24, 2.45) is 0 Å². The number of benzene rings is 6. The lowest BCUT2D eigenvalue weighted by atomic mass is 9.91. The van der Waals surface area contributed by atoms with Gasteiger partial charge in [-0.3, -0.25) is 0 Å². The minimum absolute atomic E-state index is 0.887. The Morgan fingerprint density at radius 2 is 0.877 bits per heavy atom. The molecular formula is C61H77N3O. The van der Waals surface area contributed by atoms with Gasteiger partial charge in [0.2, 0.25) is 0 Å². The molecule has 0 unspecified atom stereocenters. The second-order valence-electron chi connectivity index (χ2n) is 19.1. The number of nitrogens with one attached hydrogen (secondary N) is 3. The fourth-order valence-corrected chi connectivity index (χ4v) is 10.0. The molecule has 0 atom stereocenters. The average molecular weight is 868 g/mol. The maximum atomic E-state index is 5.55. The van der Waals surface area contributed by atoms with Crippen molar-refractivity contribution in [3.8, 4) is 5.75 Å². The molecule has 12 rings (SSSR count). The van der Waals surface area contributed by atoms with Gasteiger partial charge in [-0.05, 0) is 205 Å². The van der Waals surface area contributed by atoms with Crippen LogP contribution < -0.4 is 20.7 Å². The molecule has 6 aromatic carbocycles. The normalized spacial score (nSPS) is 15.6. The fourth-order valence-electron chi connectivity index (χ4n) is 10.0. The number of rotatable bonds is 0. The number of ether oxygens (including phenoxy) is 1. The second-order valence-corrected chi connectivity index (χ2v) is 19.1. The van der Waals surface area contributed by atoms with Gasteiger partial charge in [-0.1, -0.05) is 126 Å². The van der Waals surface area contributed by atoms with Crippen LogP contribution in [0.4, 0.5) is 11.4 Å². The van der Waals surface area contributed by atoms with Gasteiger partial charge in [0.1, 0.15) is 5.75 Å². The first kappa shape index (κ1) is 47.6. The maximum absolute atomic E-state index is 5.55. The van der Waals surface area contributed by atoms with Crippen LogP contribution in [0.3, 0.4) is 0 Å². The lowest BCUT2D eigenvalue weighted by Gasteiger charge is -2.18. The van der Waals surface area contributed by atoms with Crippen LogP contribution in [0.25, 0.3) is 0 Å². The van der Waals surface area contributed by atoms with Crippen molar-refractivity contribution in [1.29, 1.82) is 0 Å². The van der Waals surface area contributed by atoms with Gasteiger partial charge in [0.25, 0.3) is 0 Å². The van der Waals surface area contributed by atoms with E-state index in [1.807, 2.05) is 0 Å². The van der Waals surface area contributed by atoms with E-state index in [0.717, 1.165) is 45.0 Å². The summed E-state index contributed by atoms with van der Waals surface area (Å²) in [7, 11) is 0. The Hall–Kier alpha value is -5.32. The molecule has 0 bridgehead atoms. The third kappa shape index (κ3) is 14.1. The van der Waals surface area contributed by atoms with E-state index in [-0.39, 0.29) is 0 Å². The Kier molecular flexibility index (Phi) is 17.8. The van der Waals surface area contributed by atoms with Crippen molar-refractivity contribution in [2.75, 3.05) is 36.9 Å². The van der Waals surface area contributed by atoms with Crippen LogP contribution in [0.1, 0.15) is 122 Å². The molecule has 3 N–H and O–H groups in total. The minimum atomic E-state index is 0.887. The molecule has 0 saturated carbocycles. The van der Waals surface area contributed by atoms with E-state index in [1.165, 1.54) is 156 Å². The van der Waals surface area contributed by atoms with Gasteiger partial charge in [0.05, 0.1) is 6.61 Å². The quantitative estimate of drug-likeness (QED) is 0.133. The molecule has 0 aromatic heterocycles. The van der Waals surface area contributed by atoms with E-state index in [2.05, 4.69) is 167 Å². The van der Waals surface area contributed by atoms with E-state index in [0.29, 0.717) is 0 Å². The summed E-state index contributed by atoms with van der Waals surface area (Å²) in [4.78, 5) is 0. The zero-order chi connectivity index (χ0) is 45.4. The predicted octanol–water partition coefficient (Wildman–Crippen LogP) is 14.0. The van der Waals surface area contributed by atoms with Crippen LogP contribution in [-0.4, -0.2) is 26.2 Å². The molecule has 4 nitrogen and oxygen atoms in total. The molecule has 6 aromatic rings. The Balaban J connectivity index is 0.000000116. The highest BCUT2D eigenvalue weighted by Crippen LogP contribution is 2.28. The SMILES string of the molecule is Cc1ccc2c(c1)CCCC2.Cc1ccc2c(c1)CCCCC2.Cc1ccc2c(c1)CCN2.Cc1ccc2c(c1)CCNC2.Cc1cccc2c1CCN2.Cc1cccc2c1OCCC2. The summed E-state index contributed by atoms with van der Waals surface area (Å²) in [5, 5.41) is 10.0. The molecule has 0 saturated heterocycles. The average Bonchev–Trinajstić information content (AvgIpc) is 3.95. The monoisotopic (exact) mass is 868 g/mol. The first-order chi connectivity index (χ1) is 31.7. The summed E-state index contributed by atoms with van der Waals surface area (Å²) in [6.45, 7) is 18.2. The van der Waals surface area contributed by atoms with Crippen molar-refractivity contribution >= 4 is 11.4 Å². The maximum Gasteiger partial charge on any atom is 0.125 e. The summed E-state index contributed by atoms with van der Waals surface area (Å²) in [6, 6.07) is 39.9. The fraction of sp³-hybridized carbons (Fsp3) is 0.410. The summed E-state index contributed by atoms with van der Waals surface area (Å²) < 4.78 is 5.55. The molecule has 0 spiro atoms. The van der Waals surface area contributed by atoms with E-state index in [4.69, 9.17) is 4.74 Å². The van der Waals surface area contributed by atoms with E-state index in [1.54, 1.807) is 22.3 Å². The number of hydrogen-bond donors (Lipinski definition) is 3. The van der Waals surface area contributed by atoms with Crippen LogP contribution in [0.15, 0.2) is 109 Å². The largest absolute Gasteiger partial charge is 0.493 e. The number of aryl methyl sites for hydroxylation is 11. The van der Waals surface area contributed by atoms with Crippen molar-refractivity contribution in [2.45, 2.75) is 138 Å². The van der Waals surface area contributed by atoms with Crippen LogP contribution in [0.2, 0.25) is 0 Å². The molecule has 0 fully saturated rings. The Bertz CT molecular complexity index is 2400. The standard InChI is InChI=1S/C12H16.C11H14.C10H13N.C10H12O.2C9H11N/c1-10-7-8-11-5-3-2-4-6-12(11)9-10;1-9-6-7-10-4-2-3-5-11(10)8-9;1-8-2-3-10-7-11-5-4-9(10)6-8;1-8-4-2-5-9-6-3-7-11-10(8)9;1-7-2-3-9-8(6-7)4-5-10-9;1-7-3-2-4-9-8(7)5-6-10-9/h7-9H,2-6H2,1H3;6-8H,2-5H2,1H3;2-3,6,11H,4-5,7H2,1H3;2,4-5H,3,6-7H2,1H3;2-3,6,10H,4-5H2,1H3;2-4,10H,5-6H2,1H3. The summed E-state index contributed by atoms with van der Waals surface area (Å²) in [6.07, 6.45) is 18.1. The van der Waals surface area contributed by atoms with Crippen molar-refractivity contribution in [3.63, 3.8) is 0 Å². The van der Waals surface area contributed by atoms with Crippen molar-refractivity contribution < 1.29 is 4.74 Å². The first-order valence-electron chi connectivity index (χ1n) is 25.0. The van der Waals surface area contributed by atoms with E-state index < -0.39 is 0 Å². The van der Waals surface area contributed by atoms with Gasteiger partial charge in [-0.2, -0.15) is 0 Å². The Labute approximate surface area is 393 Å².